The molecule has 1 aromatic rings. The van der Waals surface area contributed by atoms with Crippen LogP contribution in [0.25, 0.3) is 0 Å². The molecule has 1 aliphatic rings. The van der Waals surface area contributed by atoms with Crippen LogP contribution in [0.1, 0.15) is 12.0 Å². The summed E-state index contributed by atoms with van der Waals surface area (Å²) in [5.41, 5.74) is 0.345. The molecule has 0 saturated carbocycles. The lowest BCUT2D eigenvalue weighted by atomic mass is 10.2. The third kappa shape index (κ3) is 2.82. The van der Waals surface area contributed by atoms with E-state index >= 15 is 0 Å². The van der Waals surface area contributed by atoms with Crippen LogP contribution in [-0.4, -0.2) is 27.5 Å². The van der Waals surface area contributed by atoms with Crippen molar-refractivity contribution in [2.24, 2.45) is 0 Å². The molecular formula is C11H13N3O2S. The SMILES string of the molecule is N#Cc1cccc(S(=O)(=O)N[C@@H]2CCNC2)c1. The third-order valence-corrected chi connectivity index (χ3v) is 4.17. The van der Waals surface area contributed by atoms with Crippen LogP contribution in [0.3, 0.4) is 0 Å². The molecule has 2 N–H and O–H groups in total. The maximum atomic E-state index is 12.0. The van der Waals surface area contributed by atoms with Gasteiger partial charge >= 0.3 is 0 Å². The molecule has 0 bridgehead atoms. The summed E-state index contributed by atoms with van der Waals surface area (Å²) in [5, 5.41) is 11.8. The van der Waals surface area contributed by atoms with Crippen molar-refractivity contribution in [1.29, 1.82) is 5.26 Å². The molecular weight excluding hydrogens is 238 g/mol. The van der Waals surface area contributed by atoms with Crippen molar-refractivity contribution >= 4 is 10.0 Å². The zero-order valence-electron chi connectivity index (χ0n) is 9.18. The maximum absolute atomic E-state index is 12.0. The van der Waals surface area contributed by atoms with Gasteiger partial charge in [0.15, 0.2) is 0 Å². The molecule has 0 spiro atoms. The number of hydrogen-bond donors (Lipinski definition) is 2. The monoisotopic (exact) mass is 251 g/mol. The van der Waals surface area contributed by atoms with E-state index in [1.54, 1.807) is 12.1 Å². The summed E-state index contributed by atoms with van der Waals surface area (Å²) in [6.45, 7) is 1.47. The Morgan fingerprint density at radius 3 is 2.94 bits per heavy atom. The Hall–Kier alpha value is -1.42. The minimum absolute atomic E-state index is 0.0641. The van der Waals surface area contributed by atoms with Crippen LogP contribution in [0.4, 0.5) is 0 Å². The normalized spacial score (nSPS) is 20.1. The standard InChI is InChI=1S/C11H13N3O2S/c12-7-9-2-1-3-11(6-9)17(15,16)14-10-4-5-13-8-10/h1-3,6,10,13-14H,4-5,8H2/t10-/m1/s1. The van der Waals surface area contributed by atoms with E-state index in [4.69, 9.17) is 5.26 Å². The van der Waals surface area contributed by atoms with E-state index in [1.807, 2.05) is 6.07 Å². The maximum Gasteiger partial charge on any atom is 0.240 e. The lowest BCUT2D eigenvalue weighted by Gasteiger charge is -2.11. The highest BCUT2D eigenvalue weighted by Crippen LogP contribution is 2.12. The number of sulfonamides is 1. The molecule has 5 nitrogen and oxygen atoms in total. The van der Waals surface area contributed by atoms with Gasteiger partial charge in [0.25, 0.3) is 0 Å². The number of nitrogens with one attached hydrogen (secondary N) is 2. The Morgan fingerprint density at radius 2 is 2.29 bits per heavy atom. The highest BCUT2D eigenvalue weighted by molar-refractivity contribution is 7.89. The molecule has 0 aromatic heterocycles. The molecule has 6 heteroatoms. The predicted octanol–water partition coefficient (Wildman–Crippen LogP) is 0.198. The molecule has 1 heterocycles. The van der Waals surface area contributed by atoms with Gasteiger partial charge in [-0.2, -0.15) is 5.26 Å². The lowest BCUT2D eigenvalue weighted by molar-refractivity contribution is 0.560. The Bertz CT molecular complexity index is 542. The zero-order chi connectivity index (χ0) is 12.3. The molecule has 0 amide bonds. The highest BCUT2D eigenvalue weighted by Gasteiger charge is 2.22. The van der Waals surface area contributed by atoms with Gasteiger partial charge in [-0.1, -0.05) is 6.07 Å². The first kappa shape index (κ1) is 12.0. The first-order valence-corrected chi connectivity index (χ1v) is 6.83. The number of nitrogens with zero attached hydrogens (tertiary/aromatic N) is 1. The van der Waals surface area contributed by atoms with Crippen molar-refractivity contribution in [1.82, 2.24) is 10.0 Å². The van der Waals surface area contributed by atoms with Gasteiger partial charge in [-0.25, -0.2) is 13.1 Å². The van der Waals surface area contributed by atoms with Gasteiger partial charge in [0.2, 0.25) is 10.0 Å². The van der Waals surface area contributed by atoms with Gasteiger partial charge in [-0.3, -0.25) is 0 Å². The van der Waals surface area contributed by atoms with Crippen LogP contribution in [0.5, 0.6) is 0 Å². The Labute approximate surface area is 101 Å². The molecule has 0 aliphatic carbocycles. The average Bonchev–Trinajstić information content (AvgIpc) is 2.81. The Kier molecular flexibility index (Phi) is 3.43. The quantitative estimate of drug-likeness (QED) is 0.804. The summed E-state index contributed by atoms with van der Waals surface area (Å²) in [6.07, 6.45) is 0.789. The van der Waals surface area contributed by atoms with Crippen LogP contribution >= 0.6 is 0 Å². The molecule has 0 radical (unpaired) electrons. The lowest BCUT2D eigenvalue weighted by Crippen LogP contribution is -2.36. The Balaban J connectivity index is 2.22. The summed E-state index contributed by atoms with van der Waals surface area (Å²) in [4.78, 5) is 0.142. The van der Waals surface area contributed by atoms with Crippen LogP contribution in [0.2, 0.25) is 0 Å². The Morgan fingerprint density at radius 1 is 1.47 bits per heavy atom. The second kappa shape index (κ2) is 4.84. The number of benzene rings is 1. The van der Waals surface area contributed by atoms with E-state index in [2.05, 4.69) is 10.0 Å². The first-order valence-electron chi connectivity index (χ1n) is 5.35. The molecule has 1 saturated heterocycles. The van der Waals surface area contributed by atoms with Crippen molar-refractivity contribution in [2.45, 2.75) is 17.4 Å². The number of rotatable bonds is 3. The molecule has 1 aromatic carbocycles. The summed E-state index contributed by atoms with van der Waals surface area (Å²) in [6, 6.07) is 7.88. The second-order valence-corrected chi connectivity index (χ2v) is 5.66. The summed E-state index contributed by atoms with van der Waals surface area (Å²) >= 11 is 0. The molecule has 1 fully saturated rings. The van der Waals surface area contributed by atoms with Crippen molar-refractivity contribution in [3.8, 4) is 6.07 Å². The van der Waals surface area contributed by atoms with Gasteiger partial charge in [0.1, 0.15) is 0 Å². The van der Waals surface area contributed by atoms with Gasteiger partial charge < -0.3 is 5.32 Å². The fourth-order valence-electron chi connectivity index (χ4n) is 1.78. The molecule has 0 unspecified atom stereocenters. The van der Waals surface area contributed by atoms with Gasteiger partial charge in [-0.15, -0.1) is 0 Å². The second-order valence-electron chi connectivity index (χ2n) is 3.95. The van der Waals surface area contributed by atoms with Crippen molar-refractivity contribution in [3.05, 3.63) is 29.8 Å². The zero-order valence-corrected chi connectivity index (χ0v) is 10.00. The average molecular weight is 251 g/mol. The molecule has 2 rings (SSSR count). The largest absolute Gasteiger partial charge is 0.315 e. The first-order chi connectivity index (χ1) is 8.12. The molecule has 17 heavy (non-hydrogen) atoms. The van der Waals surface area contributed by atoms with Crippen LogP contribution in [0.15, 0.2) is 29.2 Å². The van der Waals surface area contributed by atoms with Crippen molar-refractivity contribution in [2.75, 3.05) is 13.1 Å². The van der Waals surface area contributed by atoms with Gasteiger partial charge in [-0.05, 0) is 31.2 Å². The van der Waals surface area contributed by atoms with Crippen molar-refractivity contribution < 1.29 is 8.42 Å². The van der Waals surface area contributed by atoms with E-state index in [0.29, 0.717) is 12.1 Å². The predicted molar refractivity (Wildman–Crippen MR) is 62.8 cm³/mol. The topological polar surface area (TPSA) is 82.0 Å². The molecule has 1 atom stereocenters. The number of nitriles is 1. The fourth-order valence-corrected chi connectivity index (χ4v) is 3.09. The van der Waals surface area contributed by atoms with Crippen molar-refractivity contribution in [3.63, 3.8) is 0 Å². The van der Waals surface area contributed by atoms with E-state index in [-0.39, 0.29) is 10.9 Å². The minimum atomic E-state index is -3.52. The van der Waals surface area contributed by atoms with E-state index < -0.39 is 10.0 Å². The van der Waals surface area contributed by atoms with E-state index in [1.165, 1.54) is 12.1 Å². The number of hydrogen-bond acceptors (Lipinski definition) is 4. The summed E-state index contributed by atoms with van der Waals surface area (Å²) in [7, 11) is -3.52. The van der Waals surface area contributed by atoms with Gasteiger partial charge in [0, 0.05) is 12.6 Å². The molecule has 90 valence electrons. The van der Waals surface area contributed by atoms with Gasteiger partial charge in [0.05, 0.1) is 16.5 Å². The smallest absolute Gasteiger partial charge is 0.240 e. The van der Waals surface area contributed by atoms with Crippen LogP contribution < -0.4 is 10.0 Å². The molecule has 1 aliphatic heterocycles. The fraction of sp³-hybridized carbons (Fsp3) is 0.364. The summed E-state index contributed by atoms with van der Waals surface area (Å²) in [5.74, 6) is 0. The third-order valence-electron chi connectivity index (χ3n) is 2.66. The summed E-state index contributed by atoms with van der Waals surface area (Å²) < 4.78 is 26.6. The minimum Gasteiger partial charge on any atom is -0.315 e. The van der Waals surface area contributed by atoms with Crippen LogP contribution in [-0.2, 0) is 10.0 Å². The van der Waals surface area contributed by atoms with Crippen LogP contribution in [0, 0.1) is 11.3 Å². The van der Waals surface area contributed by atoms with E-state index in [0.717, 1.165) is 13.0 Å². The van der Waals surface area contributed by atoms with E-state index in [9.17, 15) is 8.42 Å². The highest BCUT2D eigenvalue weighted by atomic mass is 32.2.